The minimum Gasteiger partial charge on any atom is -0.388 e. The Bertz CT molecular complexity index is 1650. The van der Waals surface area contributed by atoms with E-state index >= 15 is 0 Å². The zero-order valence-corrected chi connectivity index (χ0v) is 24.9. The van der Waals surface area contributed by atoms with Crippen LogP contribution in [0.4, 0.5) is 5.69 Å². The van der Waals surface area contributed by atoms with Crippen LogP contribution in [0.1, 0.15) is 31.8 Å². The van der Waals surface area contributed by atoms with Gasteiger partial charge < -0.3 is 19.3 Å². The van der Waals surface area contributed by atoms with Crippen LogP contribution in [-0.2, 0) is 27.4 Å². The molecule has 0 bridgehead atoms. The molecular weight excluding hydrogens is 592 g/mol. The Labute approximate surface area is 264 Å². The predicted octanol–water partition coefficient (Wildman–Crippen LogP) is 6.27. The molecule has 0 saturated carbocycles. The maximum atomic E-state index is 13.8. The number of hydrogen-bond acceptors (Lipinski definition) is 8. The van der Waals surface area contributed by atoms with E-state index in [9.17, 15) is 14.7 Å². The van der Waals surface area contributed by atoms with Gasteiger partial charge in [-0.3, -0.25) is 14.5 Å². The van der Waals surface area contributed by atoms with Crippen molar-refractivity contribution in [1.82, 2.24) is 4.90 Å². The van der Waals surface area contributed by atoms with Crippen molar-refractivity contribution in [2.24, 2.45) is 5.11 Å². The van der Waals surface area contributed by atoms with Crippen molar-refractivity contribution in [3.05, 3.63) is 142 Å². The number of imide groups is 1. The van der Waals surface area contributed by atoms with E-state index in [0.717, 1.165) is 20.9 Å². The van der Waals surface area contributed by atoms with Gasteiger partial charge in [-0.2, -0.15) is 0 Å². The topological polar surface area (TPSA) is 134 Å². The lowest BCUT2D eigenvalue weighted by molar-refractivity contribution is -0.205. The molecule has 11 heteroatoms. The first-order valence-electron chi connectivity index (χ1n) is 14.4. The lowest BCUT2D eigenvalue weighted by atomic mass is 9.96. The number of thioether (sulfide) groups is 1. The number of aliphatic hydroxyl groups is 1. The summed E-state index contributed by atoms with van der Waals surface area (Å²) < 4.78 is 18.9. The van der Waals surface area contributed by atoms with E-state index in [1.54, 1.807) is 48.5 Å². The molecule has 5 atom stereocenters. The van der Waals surface area contributed by atoms with Gasteiger partial charge in [0.15, 0.2) is 0 Å². The first kappa shape index (κ1) is 30.5. The number of fused-ring (bicyclic) bond motifs is 1. The predicted molar refractivity (Wildman–Crippen MR) is 168 cm³/mol. The molecule has 228 valence electrons. The van der Waals surface area contributed by atoms with Crippen molar-refractivity contribution >= 4 is 29.3 Å². The van der Waals surface area contributed by atoms with Gasteiger partial charge in [0.05, 0.1) is 30.9 Å². The quantitative estimate of drug-likeness (QED) is 0.0901. The fourth-order valence-electron chi connectivity index (χ4n) is 5.49. The van der Waals surface area contributed by atoms with E-state index < -0.39 is 41.6 Å². The number of aliphatic hydroxyl groups excluding tert-OH is 1. The molecule has 1 fully saturated rings. The molecule has 0 unspecified atom stereocenters. The average molecular weight is 623 g/mol. The van der Waals surface area contributed by atoms with E-state index in [0.29, 0.717) is 12.3 Å². The standard InChI is InChI=1S/C34H30N4O6S/c35-37-36-24-15-17-25(18-16-24)45-34-29(38-32(40)26-13-7-8-14-27(26)33(38)41)31(43-20-23-11-5-2-6-12-23)30(39)28(44-34)21-42-19-22-9-3-1-4-10-22/h1-18,28-31,34,39H,19-21H2/t28-,29-,30-,31-,34+/m1/s1. The number of benzene rings is 4. The maximum absolute atomic E-state index is 13.8. The van der Waals surface area contributed by atoms with Crippen molar-refractivity contribution in [3.8, 4) is 0 Å². The smallest absolute Gasteiger partial charge is 0.262 e. The van der Waals surface area contributed by atoms with E-state index in [-0.39, 0.29) is 24.3 Å². The second kappa shape index (κ2) is 14.1. The third-order valence-electron chi connectivity index (χ3n) is 7.69. The molecule has 0 spiro atoms. The van der Waals surface area contributed by atoms with Crippen molar-refractivity contribution < 1.29 is 28.9 Å². The molecule has 2 aliphatic rings. The first-order valence-corrected chi connectivity index (χ1v) is 15.3. The average Bonchev–Trinajstić information content (AvgIpc) is 3.32. The van der Waals surface area contributed by atoms with Crippen LogP contribution in [0.5, 0.6) is 0 Å². The summed E-state index contributed by atoms with van der Waals surface area (Å²) in [6.07, 6.45) is -3.07. The zero-order valence-electron chi connectivity index (χ0n) is 24.1. The lowest BCUT2D eigenvalue weighted by Crippen LogP contribution is -2.65. The fourth-order valence-corrected chi connectivity index (χ4v) is 6.67. The van der Waals surface area contributed by atoms with E-state index in [2.05, 4.69) is 10.0 Å². The number of amides is 2. The Morgan fingerprint density at radius 1 is 0.822 bits per heavy atom. The molecular formula is C34H30N4O6S. The van der Waals surface area contributed by atoms with Crippen LogP contribution >= 0.6 is 11.8 Å². The van der Waals surface area contributed by atoms with Gasteiger partial charge in [-0.25, -0.2) is 0 Å². The van der Waals surface area contributed by atoms with Crippen molar-refractivity contribution in [1.29, 1.82) is 0 Å². The Morgan fingerprint density at radius 2 is 1.40 bits per heavy atom. The fraction of sp³-hybridized carbons (Fsp3) is 0.235. The van der Waals surface area contributed by atoms with Gasteiger partial charge in [-0.15, -0.1) is 0 Å². The Kier molecular flexibility index (Phi) is 9.56. The van der Waals surface area contributed by atoms with Gasteiger partial charge in [0.2, 0.25) is 0 Å². The molecule has 1 saturated heterocycles. The van der Waals surface area contributed by atoms with Gasteiger partial charge in [0.25, 0.3) is 11.8 Å². The molecule has 45 heavy (non-hydrogen) atoms. The lowest BCUT2D eigenvalue weighted by Gasteiger charge is -2.47. The van der Waals surface area contributed by atoms with Crippen molar-refractivity contribution in [2.75, 3.05) is 6.61 Å². The summed E-state index contributed by atoms with van der Waals surface area (Å²) in [5.74, 6) is -0.958. The highest BCUT2D eigenvalue weighted by Crippen LogP contribution is 2.40. The molecule has 2 aliphatic heterocycles. The van der Waals surface area contributed by atoms with E-state index in [4.69, 9.17) is 19.7 Å². The number of azide groups is 1. The molecule has 1 N–H and O–H groups in total. The second-order valence-corrected chi connectivity index (χ2v) is 11.8. The number of carbonyl (C=O) groups excluding carboxylic acids is 2. The second-order valence-electron chi connectivity index (χ2n) is 10.6. The Hall–Kier alpha value is -4.48. The van der Waals surface area contributed by atoms with Crippen LogP contribution in [0.2, 0.25) is 0 Å². The summed E-state index contributed by atoms with van der Waals surface area (Å²) in [6, 6.07) is 31.7. The normalized spacial score (nSPS) is 22.6. The van der Waals surface area contributed by atoms with Gasteiger partial charge in [-0.05, 0) is 40.9 Å². The summed E-state index contributed by atoms with van der Waals surface area (Å²) in [7, 11) is 0. The molecule has 4 aromatic rings. The Balaban J connectivity index is 1.34. The molecule has 0 aromatic heterocycles. The Morgan fingerprint density at radius 3 is 2.00 bits per heavy atom. The third-order valence-corrected chi connectivity index (χ3v) is 8.86. The zero-order chi connectivity index (χ0) is 31.2. The third kappa shape index (κ3) is 6.79. The molecule has 6 rings (SSSR count). The van der Waals surface area contributed by atoms with Crippen LogP contribution < -0.4 is 0 Å². The summed E-state index contributed by atoms with van der Waals surface area (Å²) in [5, 5.41) is 15.4. The molecule has 0 aliphatic carbocycles. The van der Waals surface area contributed by atoms with Crippen LogP contribution in [0.25, 0.3) is 10.4 Å². The van der Waals surface area contributed by atoms with Crippen LogP contribution in [-0.4, -0.2) is 58.2 Å². The first-order chi connectivity index (χ1) is 22.0. The number of rotatable bonds is 11. The number of carbonyl (C=O) groups is 2. The minimum absolute atomic E-state index is 0.0446. The highest BCUT2D eigenvalue weighted by atomic mass is 32.2. The van der Waals surface area contributed by atoms with Crippen molar-refractivity contribution in [3.63, 3.8) is 0 Å². The van der Waals surface area contributed by atoms with Crippen LogP contribution in [0.15, 0.2) is 119 Å². The molecule has 2 heterocycles. The van der Waals surface area contributed by atoms with Gasteiger partial charge in [0, 0.05) is 15.5 Å². The van der Waals surface area contributed by atoms with Gasteiger partial charge in [0.1, 0.15) is 29.8 Å². The summed E-state index contributed by atoms with van der Waals surface area (Å²) in [5.41, 5.74) is 10.8. The highest BCUT2D eigenvalue weighted by molar-refractivity contribution is 7.99. The van der Waals surface area contributed by atoms with Crippen LogP contribution in [0, 0.1) is 0 Å². The number of nitrogens with zero attached hydrogens (tertiary/aromatic N) is 4. The van der Waals surface area contributed by atoms with Gasteiger partial charge in [-0.1, -0.05) is 102 Å². The van der Waals surface area contributed by atoms with Crippen LogP contribution in [0.3, 0.4) is 0 Å². The number of hydrogen-bond donors (Lipinski definition) is 1. The molecule has 2 amide bonds. The monoisotopic (exact) mass is 622 g/mol. The summed E-state index contributed by atoms with van der Waals surface area (Å²) >= 11 is 1.28. The SMILES string of the molecule is [N-]=[N+]=Nc1ccc(S[C@@H]2O[C@H](COCc3ccccc3)[C@@H](O)[C@H](OCc3ccccc3)[C@H]2N2C(=O)c3ccccc3C2=O)cc1. The summed E-state index contributed by atoms with van der Waals surface area (Å²) in [4.78, 5) is 32.3. The maximum Gasteiger partial charge on any atom is 0.262 e. The largest absolute Gasteiger partial charge is 0.388 e. The number of ether oxygens (including phenoxy) is 3. The van der Waals surface area contributed by atoms with Gasteiger partial charge >= 0.3 is 0 Å². The molecule has 0 radical (unpaired) electrons. The highest BCUT2D eigenvalue weighted by Gasteiger charge is 2.54. The molecule has 10 nitrogen and oxygen atoms in total. The minimum atomic E-state index is -1.23. The molecule has 4 aromatic carbocycles. The van der Waals surface area contributed by atoms with E-state index in [1.165, 1.54) is 11.8 Å². The van der Waals surface area contributed by atoms with E-state index in [1.807, 2.05) is 60.7 Å². The van der Waals surface area contributed by atoms with Crippen molar-refractivity contribution in [2.45, 2.75) is 47.9 Å². The summed E-state index contributed by atoms with van der Waals surface area (Å²) in [6.45, 7) is 0.491.